The molecule has 0 aliphatic carbocycles. The van der Waals surface area contributed by atoms with Crippen molar-refractivity contribution in [3.63, 3.8) is 0 Å². The van der Waals surface area contributed by atoms with E-state index in [1.165, 1.54) is 22.8 Å². The Morgan fingerprint density at radius 1 is 1.41 bits per heavy atom. The lowest BCUT2D eigenvalue weighted by molar-refractivity contribution is -0.113. The minimum atomic E-state index is -0.0880. The van der Waals surface area contributed by atoms with Crippen LogP contribution in [0.25, 0.3) is 0 Å². The Balaban J connectivity index is 1.85. The van der Waals surface area contributed by atoms with E-state index in [0.717, 1.165) is 4.90 Å². The van der Waals surface area contributed by atoms with E-state index in [1.807, 2.05) is 30.3 Å². The molecule has 0 aliphatic heterocycles. The second kappa shape index (κ2) is 5.49. The zero-order chi connectivity index (χ0) is 12.1. The van der Waals surface area contributed by atoms with E-state index in [2.05, 4.69) is 15.4 Å². The minimum absolute atomic E-state index is 0.0880. The van der Waals surface area contributed by atoms with Gasteiger partial charge in [-0.05, 0) is 12.1 Å². The number of thioether (sulfide) groups is 1. The van der Waals surface area contributed by atoms with Gasteiger partial charge in [0.05, 0.1) is 5.75 Å². The summed E-state index contributed by atoms with van der Waals surface area (Å²) in [4.78, 5) is 16.6. The fourth-order valence-electron chi connectivity index (χ4n) is 1.24. The fraction of sp³-hybridized carbons (Fsp3) is 0.182. The highest BCUT2D eigenvalue weighted by Gasteiger charge is 2.06. The molecule has 0 fully saturated rings. The van der Waals surface area contributed by atoms with Crippen LogP contribution in [-0.4, -0.2) is 26.4 Å². The van der Waals surface area contributed by atoms with Crippen molar-refractivity contribution < 1.29 is 4.79 Å². The average molecular weight is 248 g/mol. The van der Waals surface area contributed by atoms with Gasteiger partial charge >= 0.3 is 0 Å². The molecule has 0 radical (unpaired) electrons. The Morgan fingerprint density at radius 3 is 2.82 bits per heavy atom. The van der Waals surface area contributed by atoms with Gasteiger partial charge in [-0.2, -0.15) is 10.1 Å². The number of benzene rings is 1. The van der Waals surface area contributed by atoms with Gasteiger partial charge in [-0.3, -0.25) is 10.1 Å². The zero-order valence-corrected chi connectivity index (χ0v) is 10.1. The van der Waals surface area contributed by atoms with E-state index >= 15 is 0 Å². The molecule has 0 aliphatic rings. The summed E-state index contributed by atoms with van der Waals surface area (Å²) in [5, 5.41) is 6.56. The van der Waals surface area contributed by atoms with Crippen molar-refractivity contribution in [3.8, 4) is 0 Å². The Kier molecular flexibility index (Phi) is 3.77. The van der Waals surface area contributed by atoms with Crippen LogP contribution < -0.4 is 5.32 Å². The van der Waals surface area contributed by atoms with Crippen molar-refractivity contribution in [2.45, 2.75) is 4.90 Å². The Morgan fingerprint density at radius 2 is 2.18 bits per heavy atom. The van der Waals surface area contributed by atoms with Crippen LogP contribution in [0.3, 0.4) is 0 Å². The highest BCUT2D eigenvalue weighted by molar-refractivity contribution is 8.00. The number of aryl methyl sites for hydroxylation is 1. The maximum atomic E-state index is 11.6. The molecule has 88 valence electrons. The van der Waals surface area contributed by atoms with Crippen LogP contribution in [0.1, 0.15) is 0 Å². The maximum absolute atomic E-state index is 11.6. The summed E-state index contributed by atoms with van der Waals surface area (Å²) in [7, 11) is 1.73. The van der Waals surface area contributed by atoms with E-state index in [9.17, 15) is 4.79 Å². The molecule has 0 bridgehead atoms. The lowest BCUT2D eigenvalue weighted by Crippen LogP contribution is -2.17. The zero-order valence-electron chi connectivity index (χ0n) is 9.33. The Hall–Kier alpha value is -1.82. The summed E-state index contributed by atoms with van der Waals surface area (Å²) >= 11 is 1.49. The molecular weight excluding hydrogens is 236 g/mol. The second-order valence-corrected chi connectivity index (χ2v) is 4.41. The van der Waals surface area contributed by atoms with E-state index < -0.39 is 0 Å². The predicted octanol–water partition coefficient (Wildman–Crippen LogP) is 1.55. The number of amides is 1. The van der Waals surface area contributed by atoms with Crippen LogP contribution in [0.4, 0.5) is 5.95 Å². The van der Waals surface area contributed by atoms with Crippen LogP contribution in [0.15, 0.2) is 41.6 Å². The molecule has 0 atom stereocenters. The molecule has 1 N–H and O–H groups in total. The van der Waals surface area contributed by atoms with Gasteiger partial charge in [-0.15, -0.1) is 11.8 Å². The van der Waals surface area contributed by atoms with Gasteiger partial charge in [0, 0.05) is 11.9 Å². The number of anilines is 1. The van der Waals surface area contributed by atoms with Gasteiger partial charge in [-0.1, -0.05) is 18.2 Å². The third-order valence-electron chi connectivity index (χ3n) is 2.08. The van der Waals surface area contributed by atoms with Gasteiger partial charge in [-0.25, -0.2) is 4.68 Å². The summed E-state index contributed by atoms with van der Waals surface area (Å²) in [6.07, 6.45) is 1.40. The molecule has 1 amide bonds. The molecule has 0 spiro atoms. The highest BCUT2D eigenvalue weighted by atomic mass is 32.2. The number of hydrogen-bond donors (Lipinski definition) is 1. The Bertz CT molecular complexity index is 497. The standard InChI is InChI=1S/C11H12N4OS/c1-15-11(12-8-13-15)14-10(16)7-17-9-5-3-2-4-6-9/h2-6,8H,7H2,1H3,(H,12,13,14,16). The van der Waals surface area contributed by atoms with Crippen molar-refractivity contribution in [2.75, 3.05) is 11.1 Å². The predicted molar refractivity (Wildman–Crippen MR) is 66.8 cm³/mol. The molecule has 2 rings (SSSR count). The van der Waals surface area contributed by atoms with Gasteiger partial charge in [0.2, 0.25) is 11.9 Å². The molecule has 1 aromatic carbocycles. The smallest absolute Gasteiger partial charge is 0.237 e. The molecule has 6 heteroatoms. The van der Waals surface area contributed by atoms with Crippen LogP contribution in [0.5, 0.6) is 0 Å². The third kappa shape index (κ3) is 3.32. The number of nitrogens with zero attached hydrogens (tertiary/aromatic N) is 3. The molecule has 1 heterocycles. The molecule has 2 aromatic rings. The van der Waals surface area contributed by atoms with Crippen LogP contribution in [0.2, 0.25) is 0 Å². The summed E-state index contributed by atoms with van der Waals surface area (Å²) in [5.74, 6) is 0.732. The first-order valence-corrected chi connectivity index (χ1v) is 6.06. The van der Waals surface area contributed by atoms with Crippen molar-refractivity contribution >= 4 is 23.6 Å². The first-order valence-electron chi connectivity index (χ1n) is 5.07. The van der Waals surface area contributed by atoms with E-state index in [1.54, 1.807) is 7.05 Å². The lowest BCUT2D eigenvalue weighted by Gasteiger charge is -2.03. The topological polar surface area (TPSA) is 59.8 Å². The highest BCUT2D eigenvalue weighted by Crippen LogP contribution is 2.16. The summed E-state index contributed by atoms with van der Waals surface area (Å²) in [6.45, 7) is 0. The number of hydrogen-bond acceptors (Lipinski definition) is 4. The molecular formula is C11H12N4OS. The number of carbonyl (C=O) groups is 1. The monoisotopic (exact) mass is 248 g/mol. The first kappa shape index (κ1) is 11.7. The van der Waals surface area contributed by atoms with Crippen LogP contribution >= 0.6 is 11.8 Å². The number of rotatable bonds is 4. The second-order valence-electron chi connectivity index (χ2n) is 3.36. The summed E-state index contributed by atoms with van der Waals surface area (Å²) < 4.78 is 1.52. The average Bonchev–Trinajstić information content (AvgIpc) is 2.74. The quantitative estimate of drug-likeness (QED) is 0.834. The number of carbonyl (C=O) groups excluding carboxylic acids is 1. The molecule has 0 saturated carbocycles. The fourth-order valence-corrected chi connectivity index (χ4v) is 1.96. The number of nitrogens with one attached hydrogen (secondary N) is 1. The number of aromatic nitrogens is 3. The van der Waals surface area contributed by atoms with Crippen molar-refractivity contribution in [2.24, 2.45) is 7.05 Å². The van der Waals surface area contributed by atoms with Crippen LogP contribution in [0, 0.1) is 0 Å². The van der Waals surface area contributed by atoms with E-state index in [-0.39, 0.29) is 5.91 Å². The van der Waals surface area contributed by atoms with Crippen molar-refractivity contribution in [3.05, 3.63) is 36.7 Å². The van der Waals surface area contributed by atoms with Gasteiger partial charge in [0.1, 0.15) is 6.33 Å². The van der Waals surface area contributed by atoms with Gasteiger partial charge in [0.25, 0.3) is 0 Å². The summed E-state index contributed by atoms with van der Waals surface area (Å²) in [6, 6.07) is 9.79. The largest absolute Gasteiger partial charge is 0.294 e. The molecule has 17 heavy (non-hydrogen) atoms. The first-order chi connectivity index (χ1) is 8.25. The van der Waals surface area contributed by atoms with Crippen molar-refractivity contribution in [1.82, 2.24) is 14.8 Å². The van der Waals surface area contributed by atoms with Gasteiger partial charge < -0.3 is 0 Å². The van der Waals surface area contributed by atoms with Gasteiger partial charge in [0.15, 0.2) is 0 Å². The minimum Gasteiger partial charge on any atom is -0.294 e. The molecule has 5 nitrogen and oxygen atoms in total. The molecule has 1 aromatic heterocycles. The third-order valence-corrected chi connectivity index (χ3v) is 3.09. The molecule has 0 unspecified atom stereocenters. The van der Waals surface area contributed by atoms with E-state index in [4.69, 9.17) is 0 Å². The van der Waals surface area contributed by atoms with Crippen LogP contribution in [-0.2, 0) is 11.8 Å². The SMILES string of the molecule is Cn1ncnc1NC(=O)CSc1ccccc1. The maximum Gasteiger partial charge on any atom is 0.237 e. The normalized spacial score (nSPS) is 10.2. The lowest BCUT2D eigenvalue weighted by atomic mass is 10.4. The summed E-state index contributed by atoms with van der Waals surface area (Å²) in [5.41, 5.74) is 0. The van der Waals surface area contributed by atoms with E-state index in [0.29, 0.717) is 11.7 Å². The van der Waals surface area contributed by atoms with Crippen molar-refractivity contribution in [1.29, 1.82) is 0 Å². The Labute approximate surface area is 103 Å². The molecule has 0 saturated heterocycles.